The van der Waals surface area contributed by atoms with Crippen LogP contribution in [0.5, 0.6) is 0 Å². The Bertz CT molecular complexity index is 609. The Morgan fingerprint density at radius 3 is 2.35 bits per heavy atom. The Morgan fingerprint density at radius 1 is 1.22 bits per heavy atom. The highest BCUT2D eigenvalue weighted by molar-refractivity contribution is 5.67. The molecule has 0 radical (unpaired) electrons. The number of anilines is 1. The number of rotatable bonds is 5. The number of nitrogens with two attached hydrogens (primary N) is 1. The third kappa shape index (κ3) is 4.76. The van der Waals surface area contributed by atoms with E-state index in [-0.39, 0.29) is 5.82 Å². The molecule has 2 aromatic rings. The first-order valence-electron chi connectivity index (χ1n) is 8.28. The van der Waals surface area contributed by atoms with E-state index in [9.17, 15) is 4.39 Å². The highest BCUT2D eigenvalue weighted by atomic mass is 19.1. The Labute approximate surface area is 139 Å². The predicted octanol–water partition coefficient (Wildman–Crippen LogP) is 5.06. The fourth-order valence-corrected chi connectivity index (χ4v) is 2.44. The molecule has 1 aromatic heterocycles. The predicted molar refractivity (Wildman–Crippen MR) is 97.1 cm³/mol. The molecule has 0 saturated carbocycles. The Kier molecular flexibility index (Phi) is 7.69. The first-order chi connectivity index (χ1) is 11.1. The molecule has 1 unspecified atom stereocenters. The van der Waals surface area contributed by atoms with E-state index in [1.165, 1.54) is 17.7 Å². The van der Waals surface area contributed by atoms with Crippen molar-refractivity contribution in [2.45, 2.75) is 47.0 Å². The molecule has 3 nitrogen and oxygen atoms in total. The van der Waals surface area contributed by atoms with Crippen LogP contribution in [0.15, 0.2) is 30.3 Å². The zero-order valence-electron chi connectivity index (χ0n) is 14.8. The molecule has 126 valence electrons. The monoisotopic (exact) mass is 317 g/mol. The maximum atomic E-state index is 13.1. The number of nitrogens with zero attached hydrogens (tertiary/aromatic N) is 1. The highest BCUT2D eigenvalue weighted by Gasteiger charge is 2.14. The largest absolute Gasteiger partial charge is 0.358 e. The van der Waals surface area contributed by atoms with E-state index >= 15 is 0 Å². The minimum absolute atomic E-state index is 0.241. The van der Waals surface area contributed by atoms with Gasteiger partial charge in [-0.1, -0.05) is 27.7 Å². The second kappa shape index (κ2) is 9.26. The summed E-state index contributed by atoms with van der Waals surface area (Å²) in [5.41, 5.74) is 9.75. The van der Waals surface area contributed by atoms with E-state index in [1.807, 2.05) is 13.8 Å². The zero-order valence-corrected chi connectivity index (χ0v) is 14.8. The SMILES string of the molecule is CC.CCC(C)c1cc(NCN)nc(-c2ccc(F)cc2)c1C. The van der Waals surface area contributed by atoms with Gasteiger partial charge in [0.2, 0.25) is 0 Å². The highest BCUT2D eigenvalue weighted by Crippen LogP contribution is 2.31. The molecule has 1 heterocycles. The van der Waals surface area contributed by atoms with Crippen LogP contribution in [0, 0.1) is 12.7 Å². The lowest BCUT2D eigenvalue weighted by Gasteiger charge is -2.18. The molecule has 0 spiro atoms. The third-order valence-corrected chi connectivity index (χ3v) is 3.86. The zero-order chi connectivity index (χ0) is 17.4. The van der Waals surface area contributed by atoms with Gasteiger partial charge in [0.1, 0.15) is 11.6 Å². The number of hydrogen-bond acceptors (Lipinski definition) is 3. The van der Waals surface area contributed by atoms with Gasteiger partial charge in [0.15, 0.2) is 0 Å². The van der Waals surface area contributed by atoms with E-state index in [0.29, 0.717) is 12.6 Å². The smallest absolute Gasteiger partial charge is 0.127 e. The van der Waals surface area contributed by atoms with Gasteiger partial charge in [-0.3, -0.25) is 0 Å². The molecule has 4 heteroatoms. The quantitative estimate of drug-likeness (QED) is 0.757. The fourth-order valence-electron chi connectivity index (χ4n) is 2.44. The Morgan fingerprint density at radius 2 is 1.83 bits per heavy atom. The van der Waals surface area contributed by atoms with E-state index in [1.54, 1.807) is 12.1 Å². The Balaban J connectivity index is 0.00000127. The summed E-state index contributed by atoms with van der Waals surface area (Å²) in [5, 5.41) is 3.07. The number of halogens is 1. The average molecular weight is 317 g/mol. The van der Waals surface area contributed by atoms with Crippen molar-refractivity contribution < 1.29 is 4.39 Å². The number of pyridine rings is 1. The van der Waals surface area contributed by atoms with Gasteiger partial charge in [0.05, 0.1) is 12.4 Å². The van der Waals surface area contributed by atoms with Crippen molar-refractivity contribution in [3.8, 4) is 11.3 Å². The van der Waals surface area contributed by atoms with Gasteiger partial charge in [-0.25, -0.2) is 9.37 Å². The molecule has 0 aliphatic carbocycles. The van der Waals surface area contributed by atoms with Crippen LogP contribution in [0.3, 0.4) is 0 Å². The summed E-state index contributed by atoms with van der Waals surface area (Å²) in [5.74, 6) is 0.957. The summed E-state index contributed by atoms with van der Waals surface area (Å²) in [7, 11) is 0. The lowest BCUT2D eigenvalue weighted by Crippen LogP contribution is -2.13. The molecule has 1 aromatic carbocycles. The standard InChI is InChI=1S/C17H22FN3.C2H6/c1-4-11(2)15-9-16(20-10-19)21-17(12(15)3)13-5-7-14(18)8-6-13;1-2/h5-9,11H,4,10,19H2,1-3H3,(H,20,21);1-2H3. The summed E-state index contributed by atoms with van der Waals surface area (Å²) in [6.45, 7) is 10.8. The van der Waals surface area contributed by atoms with Crippen LogP contribution < -0.4 is 11.1 Å². The van der Waals surface area contributed by atoms with Crippen molar-refractivity contribution in [3.63, 3.8) is 0 Å². The van der Waals surface area contributed by atoms with Gasteiger partial charge in [0, 0.05) is 5.56 Å². The lowest BCUT2D eigenvalue weighted by molar-refractivity contribution is 0.628. The van der Waals surface area contributed by atoms with Crippen LogP contribution in [0.4, 0.5) is 10.2 Å². The third-order valence-electron chi connectivity index (χ3n) is 3.86. The van der Waals surface area contributed by atoms with Gasteiger partial charge in [0.25, 0.3) is 0 Å². The number of benzene rings is 1. The molecule has 0 bridgehead atoms. The summed E-state index contributed by atoms with van der Waals surface area (Å²) in [6.07, 6.45) is 1.05. The van der Waals surface area contributed by atoms with E-state index in [2.05, 4.69) is 37.1 Å². The van der Waals surface area contributed by atoms with Gasteiger partial charge < -0.3 is 11.1 Å². The van der Waals surface area contributed by atoms with Crippen molar-refractivity contribution in [2.24, 2.45) is 5.73 Å². The second-order valence-electron chi connectivity index (χ2n) is 5.27. The number of nitrogens with one attached hydrogen (secondary N) is 1. The average Bonchev–Trinajstić information content (AvgIpc) is 2.58. The number of hydrogen-bond donors (Lipinski definition) is 2. The van der Waals surface area contributed by atoms with Crippen LogP contribution in [-0.4, -0.2) is 11.7 Å². The molecule has 23 heavy (non-hydrogen) atoms. The van der Waals surface area contributed by atoms with Crippen LogP contribution in [0.1, 0.15) is 51.2 Å². The molecule has 0 aliphatic rings. The van der Waals surface area contributed by atoms with E-state index in [0.717, 1.165) is 29.1 Å². The summed E-state index contributed by atoms with van der Waals surface area (Å²) in [6, 6.07) is 8.50. The minimum atomic E-state index is -0.241. The van der Waals surface area contributed by atoms with Gasteiger partial charge in [-0.05, 0) is 60.7 Å². The topological polar surface area (TPSA) is 50.9 Å². The molecule has 1 atom stereocenters. The van der Waals surface area contributed by atoms with E-state index in [4.69, 9.17) is 5.73 Å². The van der Waals surface area contributed by atoms with Crippen LogP contribution in [0.25, 0.3) is 11.3 Å². The first kappa shape index (κ1) is 19.1. The minimum Gasteiger partial charge on any atom is -0.358 e. The van der Waals surface area contributed by atoms with Crippen molar-refractivity contribution in [1.82, 2.24) is 4.98 Å². The van der Waals surface area contributed by atoms with E-state index < -0.39 is 0 Å². The fraction of sp³-hybridized carbons (Fsp3) is 0.421. The van der Waals surface area contributed by atoms with Gasteiger partial charge in [-0.15, -0.1) is 0 Å². The van der Waals surface area contributed by atoms with Crippen LogP contribution in [0.2, 0.25) is 0 Å². The maximum Gasteiger partial charge on any atom is 0.127 e. The maximum absolute atomic E-state index is 13.1. The van der Waals surface area contributed by atoms with Gasteiger partial charge in [-0.2, -0.15) is 0 Å². The summed E-state index contributed by atoms with van der Waals surface area (Å²) in [4.78, 5) is 4.63. The molecule has 0 aliphatic heterocycles. The molecule has 2 rings (SSSR count). The van der Waals surface area contributed by atoms with Crippen LogP contribution in [-0.2, 0) is 0 Å². The summed E-state index contributed by atoms with van der Waals surface area (Å²) >= 11 is 0. The van der Waals surface area contributed by atoms with Crippen LogP contribution >= 0.6 is 0 Å². The molecule has 0 amide bonds. The van der Waals surface area contributed by atoms with Gasteiger partial charge >= 0.3 is 0 Å². The number of aromatic nitrogens is 1. The second-order valence-corrected chi connectivity index (χ2v) is 5.27. The van der Waals surface area contributed by atoms with Crippen molar-refractivity contribution in [1.29, 1.82) is 0 Å². The molecule has 0 saturated heterocycles. The molecule has 0 fully saturated rings. The molecular weight excluding hydrogens is 289 g/mol. The lowest BCUT2D eigenvalue weighted by atomic mass is 9.92. The van der Waals surface area contributed by atoms with Crippen molar-refractivity contribution >= 4 is 5.82 Å². The van der Waals surface area contributed by atoms with Crippen molar-refractivity contribution in [3.05, 3.63) is 47.3 Å². The molecular formula is C19H28FN3. The normalized spacial score (nSPS) is 11.4. The summed E-state index contributed by atoms with van der Waals surface area (Å²) < 4.78 is 13.1. The van der Waals surface area contributed by atoms with Crippen molar-refractivity contribution in [2.75, 3.05) is 12.0 Å². The molecule has 3 N–H and O–H groups in total. The Hall–Kier alpha value is -1.94. The first-order valence-corrected chi connectivity index (χ1v) is 8.28.